The first kappa shape index (κ1) is 44.2. The third-order valence-corrected chi connectivity index (χ3v) is 15.6. The number of aliphatic carboxylic acids is 1. The number of carboxylic acids is 1. The zero-order valence-electron chi connectivity index (χ0n) is 32.7. The van der Waals surface area contributed by atoms with Gasteiger partial charge in [-0.15, -0.1) is 0 Å². The Morgan fingerprint density at radius 3 is 2.25 bits per heavy atom. The Morgan fingerprint density at radius 1 is 0.929 bits per heavy atom. The molecule has 0 aromatic heterocycles. The molecular formula is C38H57N4O12S2-. The van der Waals surface area contributed by atoms with Gasteiger partial charge in [0.25, 0.3) is 0 Å². The lowest BCUT2D eigenvalue weighted by molar-refractivity contribution is -0.777. The first-order valence-corrected chi connectivity index (χ1v) is 22.2. The van der Waals surface area contributed by atoms with Crippen molar-refractivity contribution in [1.29, 1.82) is 0 Å². The van der Waals surface area contributed by atoms with Crippen LogP contribution in [0.5, 0.6) is 0 Å². The highest BCUT2D eigenvalue weighted by molar-refractivity contribution is 7.95. The minimum absolute atomic E-state index is 0.0381. The van der Waals surface area contributed by atoms with Gasteiger partial charge < -0.3 is 19.8 Å². The Hall–Kier alpha value is -2.90. The standard InChI is InChI=1S/C38H58N4O12S2/c1-37(2)30-22-28(55-54-53-49)14-16-33(30)40(24-25-19-26(41(45)46)21-27(20-25)42(47)48)35(37)12-8-5-7-11-34-38(3,4)31-23-29(56(50,51)52)15-17-32(31)39(34)18-10-6-9-13-36(43)44/h5,7-8,11-12,25-33H,6,9-10,13-24H2,1-4H3,(H2-,43,44,49,50,51,52)/p-1. The van der Waals surface area contributed by atoms with Crippen molar-refractivity contribution in [1.82, 2.24) is 4.90 Å². The number of fused-ring (bicyclic) bond motifs is 2. The van der Waals surface area contributed by atoms with E-state index in [1.165, 1.54) is 0 Å². The van der Waals surface area contributed by atoms with Crippen molar-refractivity contribution in [2.45, 2.75) is 146 Å². The van der Waals surface area contributed by atoms with Crippen LogP contribution in [0.2, 0.25) is 0 Å². The molecule has 56 heavy (non-hydrogen) atoms. The second-order valence-electron chi connectivity index (χ2n) is 17.6. The van der Waals surface area contributed by atoms with Crippen LogP contribution in [-0.4, -0.2) is 96.8 Å². The van der Waals surface area contributed by atoms with Gasteiger partial charge in [-0.2, -0.15) is 4.33 Å². The number of hydrogen-bond donors (Lipinski definition) is 1. The lowest BCUT2D eigenvalue weighted by atomic mass is 9.69. The van der Waals surface area contributed by atoms with Gasteiger partial charge in [0.2, 0.25) is 12.1 Å². The van der Waals surface area contributed by atoms with Crippen LogP contribution in [0.4, 0.5) is 0 Å². The second-order valence-corrected chi connectivity index (χ2v) is 20.2. The molecule has 0 bridgehead atoms. The third kappa shape index (κ3) is 10.0. The van der Waals surface area contributed by atoms with Gasteiger partial charge in [0.1, 0.15) is 6.54 Å². The molecule has 0 aromatic carbocycles. The lowest BCUT2D eigenvalue weighted by Gasteiger charge is -2.39. The zero-order valence-corrected chi connectivity index (χ0v) is 34.4. The summed E-state index contributed by atoms with van der Waals surface area (Å²) in [6, 6.07) is -1.77. The summed E-state index contributed by atoms with van der Waals surface area (Å²) in [4.78, 5) is 36.3. The number of nitro groups is 2. The molecule has 5 rings (SSSR count). The maximum absolute atomic E-state index is 12.1. The predicted octanol–water partition coefficient (Wildman–Crippen LogP) is 5.05. The lowest BCUT2D eigenvalue weighted by Crippen LogP contribution is -2.43. The number of nitrogens with zero attached hydrogens (tertiary/aromatic N) is 4. The molecule has 0 amide bonds. The van der Waals surface area contributed by atoms with E-state index in [4.69, 9.17) is 9.44 Å². The highest BCUT2D eigenvalue weighted by Gasteiger charge is 2.57. The molecular weight excluding hydrogens is 769 g/mol. The average Bonchev–Trinajstić information content (AvgIpc) is 3.47. The Labute approximate surface area is 333 Å². The molecule has 4 fully saturated rings. The van der Waals surface area contributed by atoms with Crippen LogP contribution in [0.25, 0.3) is 0 Å². The van der Waals surface area contributed by atoms with Gasteiger partial charge in [0.15, 0.2) is 11.8 Å². The number of carbonyl (C=O) groups is 1. The van der Waals surface area contributed by atoms with E-state index >= 15 is 0 Å². The molecule has 314 valence electrons. The van der Waals surface area contributed by atoms with Gasteiger partial charge >= 0.3 is 5.97 Å². The van der Waals surface area contributed by atoms with Gasteiger partial charge in [-0.3, -0.25) is 30.1 Å². The van der Waals surface area contributed by atoms with Crippen molar-refractivity contribution < 1.29 is 51.9 Å². The number of allylic oxidation sites excluding steroid dienone is 6. The first-order valence-electron chi connectivity index (χ1n) is 19.9. The van der Waals surface area contributed by atoms with Gasteiger partial charge in [-0.25, -0.2) is 13.0 Å². The number of rotatable bonds is 17. The molecule has 8 unspecified atom stereocenters. The molecule has 1 saturated heterocycles. The molecule has 5 aliphatic rings. The normalized spacial score (nSPS) is 33.6. The Bertz CT molecular complexity index is 1670. The maximum atomic E-state index is 12.1. The molecule has 0 radical (unpaired) electrons. The molecule has 8 atom stereocenters. The van der Waals surface area contributed by atoms with E-state index in [1.54, 1.807) is 0 Å². The fourth-order valence-corrected chi connectivity index (χ4v) is 12.3. The predicted molar refractivity (Wildman–Crippen MR) is 205 cm³/mol. The van der Waals surface area contributed by atoms with Crippen molar-refractivity contribution in [2.75, 3.05) is 13.1 Å². The molecule has 0 aromatic rings. The summed E-state index contributed by atoms with van der Waals surface area (Å²) in [5, 5.41) is 46.1. The quantitative estimate of drug-likeness (QED) is 0.0296. The smallest absolute Gasteiger partial charge is 0.303 e. The van der Waals surface area contributed by atoms with Crippen LogP contribution in [0.1, 0.15) is 111 Å². The molecule has 3 saturated carbocycles. The summed E-state index contributed by atoms with van der Waals surface area (Å²) in [7, 11) is -4.43. The van der Waals surface area contributed by atoms with E-state index in [-0.39, 0.29) is 76.0 Å². The Kier molecular flexibility index (Phi) is 14.5. The molecule has 16 nitrogen and oxygen atoms in total. The summed E-state index contributed by atoms with van der Waals surface area (Å²) in [6.45, 7) is 9.68. The highest BCUT2D eigenvalue weighted by atomic mass is 32.2. The number of unbranched alkanes of at least 4 members (excludes halogenated alkanes) is 2. The van der Waals surface area contributed by atoms with Gasteiger partial charge in [0.05, 0.1) is 22.0 Å². The molecule has 0 spiro atoms. The van der Waals surface area contributed by atoms with E-state index in [9.17, 15) is 43.3 Å². The van der Waals surface area contributed by atoms with Crippen molar-refractivity contribution in [3.05, 3.63) is 56.3 Å². The number of hydrogen-bond acceptors (Lipinski definition) is 13. The minimum Gasteiger partial charge on any atom is -0.748 e. The highest BCUT2D eigenvalue weighted by Crippen LogP contribution is 2.54. The summed E-state index contributed by atoms with van der Waals surface area (Å²) >= 11 is 1.02. The summed E-state index contributed by atoms with van der Waals surface area (Å²) in [5.41, 5.74) is 1.32. The fourth-order valence-electron chi connectivity index (χ4n) is 10.8. The summed E-state index contributed by atoms with van der Waals surface area (Å²) in [5.74, 6) is -0.946. The van der Waals surface area contributed by atoms with Crippen molar-refractivity contribution in [3.63, 3.8) is 0 Å². The topological polar surface area (TPSA) is 229 Å². The molecule has 18 heteroatoms. The van der Waals surface area contributed by atoms with E-state index in [0.717, 1.165) is 55.6 Å². The minimum atomic E-state index is -4.43. The third-order valence-electron chi connectivity index (χ3n) is 13.6. The van der Waals surface area contributed by atoms with Crippen LogP contribution < -0.4 is 5.26 Å². The number of likely N-dealkylation sites (tertiary alicyclic amines) is 1. The van der Waals surface area contributed by atoms with Crippen LogP contribution in [0.3, 0.4) is 0 Å². The van der Waals surface area contributed by atoms with Crippen molar-refractivity contribution in [2.24, 2.45) is 28.6 Å². The van der Waals surface area contributed by atoms with E-state index < -0.39 is 38.8 Å². The summed E-state index contributed by atoms with van der Waals surface area (Å²) < 4.78 is 43.2. The van der Waals surface area contributed by atoms with E-state index in [2.05, 4.69) is 54.4 Å². The molecule has 2 heterocycles. The second kappa shape index (κ2) is 18.4. The zero-order chi connectivity index (χ0) is 41.0. The van der Waals surface area contributed by atoms with Crippen LogP contribution in [0, 0.1) is 48.8 Å². The average molecular weight is 826 g/mol. The van der Waals surface area contributed by atoms with Crippen LogP contribution >= 0.6 is 12.0 Å². The fraction of sp³-hybridized carbons (Fsp3) is 0.789. The van der Waals surface area contributed by atoms with Gasteiger partial charge in [-0.05, 0) is 70.8 Å². The van der Waals surface area contributed by atoms with E-state index in [1.807, 2.05) is 18.2 Å². The largest absolute Gasteiger partial charge is 0.748 e. The van der Waals surface area contributed by atoms with Crippen LogP contribution in [0.15, 0.2) is 36.1 Å². The van der Waals surface area contributed by atoms with Crippen molar-refractivity contribution >= 4 is 33.8 Å². The monoisotopic (exact) mass is 825 g/mol. The van der Waals surface area contributed by atoms with E-state index in [0.29, 0.717) is 38.8 Å². The van der Waals surface area contributed by atoms with Crippen LogP contribution in [-0.2, 0) is 24.3 Å². The van der Waals surface area contributed by atoms with Gasteiger partial charge in [0, 0.05) is 99.7 Å². The SMILES string of the molecule is CC1(C)C(/C=C/C=C/C=C2/N(CCCCCC(=O)O)C3CCC(S(=O)(=O)[O-])CC3C2(C)C)=[N+](CC2CC([N+](=O)[O-])CC([N+](=O)[O-])C2)C2CCC(SOO[O-])CC21. The maximum Gasteiger partial charge on any atom is 0.303 e. The summed E-state index contributed by atoms with van der Waals surface area (Å²) in [6.07, 6.45) is 16.2. The van der Waals surface area contributed by atoms with Crippen molar-refractivity contribution in [3.8, 4) is 0 Å². The molecule has 3 aliphatic carbocycles. The molecule has 1 N–H and O–H groups in total. The molecule has 2 aliphatic heterocycles. The Morgan fingerprint density at radius 2 is 1.62 bits per heavy atom. The number of carboxylic acid groups (broad SMARTS) is 1. The first-order chi connectivity index (χ1) is 26.4. The van der Waals surface area contributed by atoms with Gasteiger partial charge in [-0.1, -0.05) is 38.5 Å². The Balaban J connectivity index is 1.42.